The van der Waals surface area contributed by atoms with Crippen LogP contribution in [0.15, 0.2) is 41.8 Å². The van der Waals surface area contributed by atoms with Crippen LogP contribution in [0.2, 0.25) is 0 Å². The van der Waals surface area contributed by atoms with Gasteiger partial charge in [-0.2, -0.15) is 0 Å². The summed E-state index contributed by atoms with van der Waals surface area (Å²) in [5, 5.41) is 2.00. The van der Waals surface area contributed by atoms with Crippen molar-refractivity contribution in [3.8, 4) is 0 Å². The highest BCUT2D eigenvalue weighted by atomic mass is 32.2. The smallest absolute Gasteiger partial charge is 0.218 e. The molecule has 0 atom stereocenters. The van der Waals surface area contributed by atoms with Gasteiger partial charge in [0, 0.05) is 24.2 Å². The van der Waals surface area contributed by atoms with Crippen LogP contribution in [0.3, 0.4) is 0 Å². The van der Waals surface area contributed by atoms with Crippen LogP contribution in [-0.2, 0) is 22.2 Å². The van der Waals surface area contributed by atoms with Gasteiger partial charge in [-0.1, -0.05) is 18.2 Å². The maximum absolute atomic E-state index is 12.2. The average molecular weight is 310 g/mol. The molecule has 2 N–H and O–H groups in total. The number of benzene rings is 1. The lowest BCUT2D eigenvalue weighted by molar-refractivity contribution is 0.472. The molecule has 1 aromatic heterocycles. The molecule has 2 rings (SSSR count). The highest BCUT2D eigenvalue weighted by Gasteiger charge is 2.18. The number of nitrogens with zero attached hydrogens (tertiary/aromatic N) is 1. The van der Waals surface area contributed by atoms with Gasteiger partial charge in [-0.05, 0) is 35.6 Å². The summed E-state index contributed by atoms with van der Waals surface area (Å²) in [6.07, 6.45) is 0.745. The van der Waals surface area contributed by atoms with E-state index in [4.69, 9.17) is 5.73 Å². The molecule has 1 heterocycles. The minimum atomic E-state index is -3.28. The van der Waals surface area contributed by atoms with Gasteiger partial charge in [0.2, 0.25) is 10.0 Å². The van der Waals surface area contributed by atoms with Crippen molar-refractivity contribution >= 4 is 27.0 Å². The van der Waals surface area contributed by atoms with Gasteiger partial charge < -0.3 is 5.73 Å². The van der Waals surface area contributed by atoms with E-state index in [-0.39, 0.29) is 5.75 Å². The minimum absolute atomic E-state index is 0.00816. The average Bonchev–Trinajstić information content (AvgIpc) is 2.91. The summed E-state index contributed by atoms with van der Waals surface area (Å²) in [5.41, 5.74) is 6.98. The zero-order chi connectivity index (χ0) is 14.6. The summed E-state index contributed by atoms with van der Waals surface area (Å²) >= 11 is 1.65. The Bertz CT molecular complexity index is 634. The molecule has 0 saturated carbocycles. The molecule has 0 aliphatic carbocycles. The van der Waals surface area contributed by atoms with Gasteiger partial charge in [-0.25, -0.2) is 12.7 Å². The van der Waals surface area contributed by atoms with Crippen molar-refractivity contribution < 1.29 is 8.42 Å². The number of nitrogen functional groups attached to an aromatic ring is 1. The van der Waals surface area contributed by atoms with Crippen LogP contribution in [0.1, 0.15) is 10.4 Å². The second kappa shape index (κ2) is 6.39. The van der Waals surface area contributed by atoms with Gasteiger partial charge in [-0.3, -0.25) is 0 Å². The normalized spacial score (nSPS) is 11.9. The van der Waals surface area contributed by atoms with Crippen LogP contribution in [-0.4, -0.2) is 26.3 Å². The number of hydrogen-bond acceptors (Lipinski definition) is 4. The van der Waals surface area contributed by atoms with Crippen molar-refractivity contribution in [2.75, 3.05) is 19.3 Å². The van der Waals surface area contributed by atoms with Crippen LogP contribution in [0, 0.1) is 0 Å². The van der Waals surface area contributed by atoms with E-state index in [1.807, 2.05) is 17.5 Å². The molecule has 0 saturated heterocycles. The summed E-state index contributed by atoms with van der Waals surface area (Å²) in [7, 11) is -1.66. The molecule has 4 nitrogen and oxygen atoms in total. The lowest BCUT2D eigenvalue weighted by Gasteiger charge is -2.16. The molecule has 2 aromatic rings. The van der Waals surface area contributed by atoms with Crippen molar-refractivity contribution in [3.05, 3.63) is 52.2 Å². The lowest BCUT2D eigenvalue weighted by Crippen LogP contribution is -2.30. The summed E-state index contributed by atoms with van der Waals surface area (Å²) in [5.74, 6) is 0.00816. The SMILES string of the molecule is CN(CCc1cccs1)S(=O)(=O)Cc1ccc(N)cc1. The number of sulfonamides is 1. The van der Waals surface area contributed by atoms with Crippen molar-refractivity contribution in [3.63, 3.8) is 0 Å². The maximum atomic E-state index is 12.2. The first kappa shape index (κ1) is 15.0. The Labute approximate surface area is 123 Å². The Hall–Kier alpha value is -1.37. The molecular formula is C14H18N2O2S2. The number of anilines is 1. The minimum Gasteiger partial charge on any atom is -0.399 e. The third-order valence-corrected chi connectivity index (χ3v) is 5.82. The quantitative estimate of drug-likeness (QED) is 0.833. The Morgan fingerprint density at radius 1 is 1.20 bits per heavy atom. The molecule has 0 radical (unpaired) electrons. The van der Waals surface area contributed by atoms with Gasteiger partial charge in [0.05, 0.1) is 5.75 Å². The van der Waals surface area contributed by atoms with E-state index in [1.165, 1.54) is 9.18 Å². The molecule has 6 heteroatoms. The van der Waals surface area contributed by atoms with Gasteiger partial charge in [0.1, 0.15) is 0 Å². The molecular weight excluding hydrogens is 292 g/mol. The molecule has 0 fully saturated rings. The third-order valence-electron chi connectivity index (χ3n) is 3.06. The monoisotopic (exact) mass is 310 g/mol. The van der Waals surface area contributed by atoms with E-state index in [0.717, 1.165) is 12.0 Å². The van der Waals surface area contributed by atoms with Crippen LogP contribution in [0.5, 0.6) is 0 Å². The Kier molecular flexibility index (Phi) is 4.80. The van der Waals surface area contributed by atoms with Crippen LogP contribution < -0.4 is 5.73 Å². The predicted molar refractivity (Wildman–Crippen MR) is 84.1 cm³/mol. The summed E-state index contributed by atoms with van der Waals surface area (Å²) in [6, 6.07) is 10.9. The Morgan fingerprint density at radius 3 is 2.50 bits per heavy atom. The first-order valence-electron chi connectivity index (χ1n) is 6.28. The fourth-order valence-electron chi connectivity index (χ4n) is 1.80. The van der Waals surface area contributed by atoms with E-state index >= 15 is 0 Å². The molecule has 20 heavy (non-hydrogen) atoms. The fraction of sp³-hybridized carbons (Fsp3) is 0.286. The van der Waals surface area contributed by atoms with Gasteiger partial charge >= 0.3 is 0 Å². The summed E-state index contributed by atoms with van der Waals surface area (Å²) in [4.78, 5) is 1.19. The molecule has 0 unspecified atom stereocenters. The topological polar surface area (TPSA) is 63.4 Å². The fourth-order valence-corrected chi connectivity index (χ4v) is 3.70. The van der Waals surface area contributed by atoms with E-state index in [9.17, 15) is 8.42 Å². The molecule has 0 bridgehead atoms. The Balaban J connectivity index is 1.96. The highest BCUT2D eigenvalue weighted by molar-refractivity contribution is 7.88. The second-order valence-corrected chi connectivity index (χ2v) is 7.76. The zero-order valence-electron chi connectivity index (χ0n) is 11.3. The maximum Gasteiger partial charge on any atom is 0.218 e. The molecule has 108 valence electrons. The molecule has 1 aromatic carbocycles. The first-order valence-corrected chi connectivity index (χ1v) is 8.77. The zero-order valence-corrected chi connectivity index (χ0v) is 13.0. The van der Waals surface area contributed by atoms with Gasteiger partial charge in [0.25, 0.3) is 0 Å². The highest BCUT2D eigenvalue weighted by Crippen LogP contribution is 2.14. The molecule has 0 amide bonds. The number of rotatable bonds is 6. The first-order chi connectivity index (χ1) is 9.47. The van der Waals surface area contributed by atoms with Gasteiger partial charge in [-0.15, -0.1) is 11.3 Å². The summed E-state index contributed by atoms with van der Waals surface area (Å²) in [6.45, 7) is 0.498. The van der Waals surface area contributed by atoms with Gasteiger partial charge in [0.15, 0.2) is 0 Å². The van der Waals surface area contributed by atoms with Crippen LogP contribution in [0.4, 0.5) is 5.69 Å². The second-order valence-electron chi connectivity index (χ2n) is 4.65. The van der Waals surface area contributed by atoms with Crippen molar-refractivity contribution in [2.45, 2.75) is 12.2 Å². The third kappa shape index (κ3) is 4.06. The van der Waals surface area contributed by atoms with Crippen LogP contribution >= 0.6 is 11.3 Å². The molecule has 0 aliphatic rings. The largest absolute Gasteiger partial charge is 0.399 e. The predicted octanol–water partition coefficient (Wildman–Crippen LogP) is 2.33. The van der Waals surface area contributed by atoms with Crippen molar-refractivity contribution in [2.24, 2.45) is 0 Å². The molecule has 0 aliphatic heterocycles. The van der Waals surface area contributed by atoms with E-state index < -0.39 is 10.0 Å². The number of likely N-dealkylation sites (N-methyl/N-ethyl adjacent to an activating group) is 1. The number of thiophene rings is 1. The van der Waals surface area contributed by atoms with E-state index in [1.54, 1.807) is 42.6 Å². The van der Waals surface area contributed by atoms with Crippen molar-refractivity contribution in [1.82, 2.24) is 4.31 Å². The number of hydrogen-bond donors (Lipinski definition) is 1. The summed E-state index contributed by atoms with van der Waals surface area (Å²) < 4.78 is 25.9. The standard InChI is InChI=1S/C14H18N2O2S2/c1-16(9-8-14-3-2-10-19-14)20(17,18)11-12-4-6-13(15)7-5-12/h2-7,10H,8-9,11,15H2,1H3. The lowest BCUT2D eigenvalue weighted by atomic mass is 10.2. The molecule has 0 spiro atoms. The van der Waals surface area contributed by atoms with E-state index in [0.29, 0.717) is 12.2 Å². The van der Waals surface area contributed by atoms with Crippen molar-refractivity contribution in [1.29, 1.82) is 0 Å². The number of nitrogens with two attached hydrogens (primary N) is 1. The van der Waals surface area contributed by atoms with Crippen LogP contribution in [0.25, 0.3) is 0 Å². The van der Waals surface area contributed by atoms with E-state index in [2.05, 4.69) is 0 Å². The Morgan fingerprint density at radius 2 is 1.90 bits per heavy atom.